The van der Waals surface area contributed by atoms with Crippen molar-refractivity contribution in [3.05, 3.63) is 82.7 Å². The molecule has 4 rings (SSSR count). The Kier molecular flexibility index (Phi) is 6.72. The summed E-state index contributed by atoms with van der Waals surface area (Å²) in [4.78, 5) is 28.8. The van der Waals surface area contributed by atoms with Gasteiger partial charge in [0.1, 0.15) is 18.1 Å². The Morgan fingerprint density at radius 1 is 1.06 bits per heavy atom. The topological polar surface area (TPSA) is 131 Å². The molecule has 0 spiro atoms. The minimum absolute atomic E-state index is 0.0237. The summed E-state index contributed by atoms with van der Waals surface area (Å²) in [5.41, 5.74) is 3.27. The van der Waals surface area contributed by atoms with Gasteiger partial charge in [0.05, 0.1) is 5.56 Å². The predicted octanol–water partition coefficient (Wildman–Crippen LogP) is 3.93. The molecule has 4 aromatic rings. The van der Waals surface area contributed by atoms with Crippen LogP contribution in [-0.4, -0.2) is 42.3 Å². The van der Waals surface area contributed by atoms with Gasteiger partial charge in [0.2, 0.25) is 5.82 Å². The lowest BCUT2D eigenvalue weighted by molar-refractivity contribution is 0.101. The second-order valence-electron chi connectivity index (χ2n) is 7.76. The fraction of sp³-hybridized carbons (Fsp3) is 0.200. The molecule has 0 amide bonds. The van der Waals surface area contributed by atoms with Crippen molar-refractivity contribution in [3.63, 3.8) is 0 Å². The number of phenolic OH excluding ortho intramolecular Hbond substituents is 1. The van der Waals surface area contributed by atoms with Crippen molar-refractivity contribution in [3.8, 4) is 22.9 Å². The van der Waals surface area contributed by atoms with Crippen LogP contribution < -0.4 is 4.74 Å². The molecule has 2 heterocycles. The third-order valence-corrected chi connectivity index (χ3v) is 5.33. The first-order valence-electron chi connectivity index (χ1n) is 10.8. The molecule has 0 saturated carbocycles. The zero-order chi connectivity index (χ0) is 24.1. The third-order valence-electron chi connectivity index (χ3n) is 5.33. The number of aromatic hydroxyl groups is 1. The van der Waals surface area contributed by atoms with Gasteiger partial charge in [-0.15, -0.1) is 10.2 Å². The number of nitrogens with zero attached hydrogens (tertiary/aromatic N) is 4. The average Bonchev–Trinajstić information content (AvgIpc) is 3.39. The van der Waals surface area contributed by atoms with Crippen LogP contribution in [0.5, 0.6) is 11.5 Å². The summed E-state index contributed by atoms with van der Waals surface area (Å²) < 4.78 is 5.94. The Morgan fingerprint density at radius 2 is 1.85 bits per heavy atom. The summed E-state index contributed by atoms with van der Waals surface area (Å²) in [6.07, 6.45) is 4.45. The molecule has 0 bridgehead atoms. The monoisotopic (exact) mass is 457 g/mol. The van der Waals surface area contributed by atoms with Crippen LogP contribution in [0.2, 0.25) is 0 Å². The molecular formula is C25H23N5O4. The van der Waals surface area contributed by atoms with E-state index in [-0.39, 0.29) is 29.5 Å². The summed E-state index contributed by atoms with van der Waals surface area (Å²) in [7, 11) is 0. The van der Waals surface area contributed by atoms with E-state index < -0.39 is 0 Å². The fourth-order valence-electron chi connectivity index (χ4n) is 3.58. The highest BCUT2D eigenvalue weighted by atomic mass is 16.5. The SMILES string of the molecule is CCCc1c(OCc2ccc(C(=O)c3cncc(-c4nn[nH]n4)c3)cc2)ccc(C(C)=O)c1O. The summed E-state index contributed by atoms with van der Waals surface area (Å²) in [6, 6.07) is 12.0. The number of rotatable bonds is 9. The van der Waals surface area contributed by atoms with E-state index in [9.17, 15) is 14.7 Å². The number of pyridine rings is 1. The van der Waals surface area contributed by atoms with Crippen LogP contribution in [0.4, 0.5) is 0 Å². The Morgan fingerprint density at radius 3 is 2.53 bits per heavy atom. The Hall–Kier alpha value is -4.40. The van der Waals surface area contributed by atoms with Gasteiger partial charge in [-0.2, -0.15) is 5.21 Å². The molecule has 0 aliphatic carbocycles. The van der Waals surface area contributed by atoms with Crippen molar-refractivity contribution in [1.82, 2.24) is 25.6 Å². The lowest BCUT2D eigenvalue weighted by atomic mass is 10.0. The smallest absolute Gasteiger partial charge is 0.206 e. The molecule has 34 heavy (non-hydrogen) atoms. The lowest BCUT2D eigenvalue weighted by Crippen LogP contribution is -2.04. The second kappa shape index (κ2) is 10.0. The quantitative estimate of drug-likeness (QED) is 0.362. The van der Waals surface area contributed by atoms with Gasteiger partial charge in [-0.1, -0.05) is 37.6 Å². The number of carbonyl (C=O) groups excluding carboxylic acids is 2. The summed E-state index contributed by atoms with van der Waals surface area (Å²) >= 11 is 0. The van der Waals surface area contributed by atoms with E-state index in [1.54, 1.807) is 36.5 Å². The van der Waals surface area contributed by atoms with Gasteiger partial charge in [0, 0.05) is 34.6 Å². The van der Waals surface area contributed by atoms with Gasteiger partial charge in [-0.3, -0.25) is 14.6 Å². The van der Waals surface area contributed by atoms with E-state index in [1.165, 1.54) is 13.1 Å². The number of phenols is 1. The Labute approximate surface area is 195 Å². The van der Waals surface area contributed by atoms with Crippen LogP contribution in [0.25, 0.3) is 11.4 Å². The first kappa shape index (κ1) is 22.8. The lowest BCUT2D eigenvalue weighted by Gasteiger charge is -2.15. The number of benzene rings is 2. The number of hydrogen-bond donors (Lipinski definition) is 2. The molecule has 0 aliphatic rings. The molecule has 0 fully saturated rings. The van der Waals surface area contributed by atoms with Crippen molar-refractivity contribution in [2.24, 2.45) is 0 Å². The van der Waals surface area contributed by atoms with E-state index in [2.05, 4.69) is 25.6 Å². The van der Waals surface area contributed by atoms with Crippen molar-refractivity contribution >= 4 is 11.6 Å². The number of H-pyrrole nitrogens is 1. The first-order chi connectivity index (χ1) is 16.5. The highest BCUT2D eigenvalue weighted by molar-refractivity contribution is 6.09. The predicted molar refractivity (Wildman–Crippen MR) is 124 cm³/mol. The van der Waals surface area contributed by atoms with Gasteiger partial charge < -0.3 is 9.84 Å². The normalized spacial score (nSPS) is 10.8. The van der Waals surface area contributed by atoms with Crippen molar-refractivity contribution in [2.45, 2.75) is 33.3 Å². The number of nitrogens with one attached hydrogen (secondary N) is 1. The van der Waals surface area contributed by atoms with Gasteiger partial charge >= 0.3 is 0 Å². The summed E-state index contributed by atoms with van der Waals surface area (Å²) in [5, 5.41) is 24.2. The van der Waals surface area contributed by atoms with Gasteiger partial charge in [-0.05, 0) is 42.3 Å². The van der Waals surface area contributed by atoms with Crippen molar-refractivity contribution < 1.29 is 19.4 Å². The zero-order valence-electron chi connectivity index (χ0n) is 18.8. The van der Waals surface area contributed by atoms with Crippen molar-refractivity contribution in [1.29, 1.82) is 0 Å². The van der Waals surface area contributed by atoms with E-state index in [0.717, 1.165) is 12.0 Å². The molecule has 172 valence electrons. The first-order valence-corrected chi connectivity index (χ1v) is 10.8. The number of ketones is 2. The molecule has 0 aliphatic heterocycles. The minimum Gasteiger partial charge on any atom is -0.507 e. The Bertz CT molecular complexity index is 1320. The van der Waals surface area contributed by atoms with Crippen LogP contribution in [-0.2, 0) is 13.0 Å². The molecular weight excluding hydrogens is 434 g/mol. The molecule has 0 radical (unpaired) electrons. The number of Topliss-reactive ketones (excluding diaryl/α,β-unsaturated/α-hetero) is 1. The maximum atomic E-state index is 12.9. The van der Waals surface area contributed by atoms with E-state index in [4.69, 9.17) is 4.74 Å². The Balaban J connectivity index is 1.48. The van der Waals surface area contributed by atoms with Crippen molar-refractivity contribution in [2.75, 3.05) is 0 Å². The minimum atomic E-state index is -0.195. The number of hydrogen-bond acceptors (Lipinski definition) is 8. The zero-order valence-corrected chi connectivity index (χ0v) is 18.8. The molecule has 9 heteroatoms. The van der Waals surface area contributed by atoms with Gasteiger partial charge in [-0.25, -0.2) is 0 Å². The number of aromatic amines is 1. The molecule has 0 unspecified atom stereocenters. The van der Waals surface area contributed by atoms with Crippen LogP contribution in [0.1, 0.15) is 57.7 Å². The van der Waals surface area contributed by atoms with Crippen LogP contribution >= 0.6 is 0 Å². The molecule has 9 nitrogen and oxygen atoms in total. The maximum Gasteiger partial charge on any atom is 0.206 e. The fourth-order valence-corrected chi connectivity index (χ4v) is 3.58. The molecule has 0 saturated heterocycles. The highest BCUT2D eigenvalue weighted by Gasteiger charge is 2.16. The number of carbonyl (C=O) groups is 2. The van der Waals surface area contributed by atoms with Crippen LogP contribution in [0.3, 0.4) is 0 Å². The molecule has 2 aromatic heterocycles. The number of ether oxygens (including phenoxy) is 1. The number of tetrazole rings is 1. The maximum absolute atomic E-state index is 12.9. The van der Waals surface area contributed by atoms with Crippen LogP contribution in [0.15, 0.2) is 54.9 Å². The summed E-state index contributed by atoms with van der Waals surface area (Å²) in [6.45, 7) is 3.66. The standard InChI is InChI=1S/C25H23N5O4/c1-3-4-21-22(10-9-20(15(2)31)24(21)33)34-14-16-5-7-17(8-6-16)23(32)18-11-19(13-26-12-18)25-27-29-30-28-25/h5-13,33H,3-4,14H2,1-2H3,(H,27,28,29,30). The van der Waals surface area contributed by atoms with E-state index >= 15 is 0 Å². The van der Waals surface area contributed by atoms with E-state index in [0.29, 0.717) is 40.2 Å². The second-order valence-corrected chi connectivity index (χ2v) is 7.76. The summed E-state index contributed by atoms with van der Waals surface area (Å²) in [5.74, 6) is 0.498. The highest BCUT2D eigenvalue weighted by Crippen LogP contribution is 2.33. The number of aromatic nitrogens is 5. The van der Waals surface area contributed by atoms with E-state index in [1.807, 2.05) is 19.1 Å². The third kappa shape index (κ3) is 4.83. The van der Waals surface area contributed by atoms with Crippen LogP contribution in [0, 0.1) is 0 Å². The molecule has 2 N–H and O–H groups in total. The molecule has 2 aromatic carbocycles. The average molecular weight is 457 g/mol. The van der Waals surface area contributed by atoms with Gasteiger partial charge in [0.15, 0.2) is 11.6 Å². The largest absolute Gasteiger partial charge is 0.507 e. The molecule has 0 atom stereocenters. The van der Waals surface area contributed by atoms with Gasteiger partial charge in [0.25, 0.3) is 0 Å².